The molecule has 1 amide bonds. The first kappa shape index (κ1) is 20.6. The number of carbonyl (C=O) groups excluding carboxylic acids is 1. The van der Waals surface area contributed by atoms with Gasteiger partial charge in [-0.1, -0.05) is 36.4 Å². The van der Waals surface area contributed by atoms with E-state index in [1.54, 1.807) is 11.6 Å². The minimum absolute atomic E-state index is 0.229. The fourth-order valence-electron chi connectivity index (χ4n) is 3.63. The van der Waals surface area contributed by atoms with Gasteiger partial charge in [-0.25, -0.2) is 0 Å². The zero-order valence-electron chi connectivity index (χ0n) is 18.4. The van der Waals surface area contributed by atoms with Gasteiger partial charge in [0.2, 0.25) is 5.88 Å². The predicted octanol–water partition coefficient (Wildman–Crippen LogP) is 4.97. The van der Waals surface area contributed by atoms with E-state index in [1.165, 1.54) is 5.56 Å². The lowest BCUT2D eigenvalue weighted by molar-refractivity contribution is -0.122. The molecular weight excluding hydrogens is 388 g/mol. The van der Waals surface area contributed by atoms with Crippen LogP contribution in [0.15, 0.2) is 54.6 Å². The number of rotatable bonds is 5. The Morgan fingerprint density at radius 3 is 2.48 bits per heavy atom. The lowest BCUT2D eigenvalue weighted by Gasteiger charge is -2.16. The Kier molecular flexibility index (Phi) is 5.46. The first-order chi connectivity index (χ1) is 14.8. The van der Waals surface area contributed by atoms with Crippen molar-refractivity contribution in [3.05, 3.63) is 71.4 Å². The number of carbonyl (C=O) groups is 1. The summed E-state index contributed by atoms with van der Waals surface area (Å²) in [5.41, 5.74) is 6.69. The summed E-state index contributed by atoms with van der Waals surface area (Å²) in [6.07, 6.45) is -0.718. The molecule has 6 nitrogen and oxygen atoms in total. The summed E-state index contributed by atoms with van der Waals surface area (Å²) in [6.45, 7) is 7.75. The molecule has 31 heavy (non-hydrogen) atoms. The van der Waals surface area contributed by atoms with E-state index >= 15 is 0 Å². The van der Waals surface area contributed by atoms with Gasteiger partial charge >= 0.3 is 0 Å². The monoisotopic (exact) mass is 414 g/mol. The second-order valence-electron chi connectivity index (χ2n) is 7.83. The number of nitrogens with one attached hydrogen (secondary N) is 1. The lowest BCUT2D eigenvalue weighted by Crippen LogP contribution is -2.30. The highest BCUT2D eigenvalue weighted by Gasteiger charge is 2.20. The number of aryl methyl sites for hydroxylation is 4. The summed E-state index contributed by atoms with van der Waals surface area (Å²) in [5.74, 6) is 0.157. The molecule has 0 fully saturated rings. The Hall–Kier alpha value is -3.67. The van der Waals surface area contributed by atoms with Crippen molar-refractivity contribution in [2.24, 2.45) is 7.05 Å². The highest BCUT2D eigenvalue weighted by Crippen LogP contribution is 2.33. The molecule has 0 spiro atoms. The number of fused-ring (bicyclic) bond motifs is 1. The molecule has 2 aromatic carbocycles. The van der Waals surface area contributed by atoms with Crippen LogP contribution in [0.5, 0.6) is 5.88 Å². The van der Waals surface area contributed by atoms with Crippen molar-refractivity contribution >= 4 is 22.6 Å². The number of hydrogen-bond donors (Lipinski definition) is 1. The van der Waals surface area contributed by atoms with Crippen LogP contribution in [-0.4, -0.2) is 26.8 Å². The maximum absolute atomic E-state index is 12.7. The van der Waals surface area contributed by atoms with E-state index in [9.17, 15) is 4.79 Å². The van der Waals surface area contributed by atoms with E-state index in [4.69, 9.17) is 4.74 Å². The smallest absolute Gasteiger partial charge is 0.265 e. The average Bonchev–Trinajstić information content (AvgIpc) is 3.04. The largest absolute Gasteiger partial charge is 0.464 e. The Morgan fingerprint density at radius 2 is 1.77 bits per heavy atom. The van der Waals surface area contributed by atoms with Crippen LogP contribution in [0.2, 0.25) is 0 Å². The predicted molar refractivity (Wildman–Crippen MR) is 123 cm³/mol. The summed E-state index contributed by atoms with van der Waals surface area (Å²) in [6, 6.07) is 17.8. The average molecular weight is 415 g/mol. The Balaban J connectivity index is 1.64. The van der Waals surface area contributed by atoms with Crippen LogP contribution in [0.4, 0.5) is 5.69 Å². The van der Waals surface area contributed by atoms with Crippen molar-refractivity contribution in [3.63, 3.8) is 0 Å². The zero-order chi connectivity index (χ0) is 22.1. The summed E-state index contributed by atoms with van der Waals surface area (Å²) >= 11 is 0. The van der Waals surface area contributed by atoms with Gasteiger partial charge in [0.15, 0.2) is 11.8 Å². The Bertz CT molecular complexity index is 1260. The third-order valence-corrected chi connectivity index (χ3v) is 5.47. The Morgan fingerprint density at radius 1 is 1.03 bits per heavy atom. The number of hydrogen-bond acceptors (Lipinski definition) is 4. The number of anilines is 1. The van der Waals surface area contributed by atoms with Gasteiger partial charge in [-0.2, -0.15) is 10.1 Å². The SMILES string of the molecule is Cc1ccc(NC(=O)C(C)Oc2cc(-c3ccccc3)c3c(C)nn(C)c3n2)cc1C. The number of pyridine rings is 1. The summed E-state index contributed by atoms with van der Waals surface area (Å²) in [4.78, 5) is 17.4. The molecular formula is C25H26N4O2. The van der Waals surface area contributed by atoms with Crippen molar-refractivity contribution in [3.8, 4) is 17.0 Å². The van der Waals surface area contributed by atoms with E-state index < -0.39 is 6.10 Å². The van der Waals surface area contributed by atoms with E-state index in [2.05, 4.69) is 15.4 Å². The molecule has 4 aromatic rings. The summed E-state index contributed by atoms with van der Waals surface area (Å²) in [5, 5.41) is 8.42. The van der Waals surface area contributed by atoms with Crippen LogP contribution in [-0.2, 0) is 11.8 Å². The maximum atomic E-state index is 12.7. The van der Waals surface area contributed by atoms with Gasteiger partial charge in [0.25, 0.3) is 5.91 Å². The normalized spacial score (nSPS) is 12.0. The molecule has 158 valence electrons. The van der Waals surface area contributed by atoms with Crippen molar-refractivity contribution < 1.29 is 9.53 Å². The van der Waals surface area contributed by atoms with Crippen molar-refractivity contribution in [1.82, 2.24) is 14.8 Å². The standard InChI is InChI=1S/C25H26N4O2/c1-15-11-12-20(13-16(15)2)26-25(30)18(4)31-22-14-21(19-9-7-6-8-10-19)23-17(3)28-29(5)24(23)27-22/h6-14,18H,1-5H3,(H,26,30). The molecule has 2 heterocycles. The van der Waals surface area contributed by atoms with Crippen LogP contribution in [0.1, 0.15) is 23.7 Å². The van der Waals surface area contributed by atoms with Gasteiger partial charge in [-0.15, -0.1) is 0 Å². The van der Waals surface area contributed by atoms with E-state index in [1.807, 2.05) is 82.4 Å². The van der Waals surface area contributed by atoms with Crippen molar-refractivity contribution in [1.29, 1.82) is 0 Å². The number of ether oxygens (including phenoxy) is 1. The third kappa shape index (κ3) is 4.14. The first-order valence-corrected chi connectivity index (χ1v) is 10.3. The van der Waals surface area contributed by atoms with E-state index in [-0.39, 0.29) is 5.91 Å². The molecule has 0 saturated carbocycles. The maximum Gasteiger partial charge on any atom is 0.265 e. The second-order valence-corrected chi connectivity index (χ2v) is 7.83. The molecule has 0 saturated heterocycles. The number of amides is 1. The third-order valence-electron chi connectivity index (χ3n) is 5.47. The van der Waals surface area contributed by atoms with E-state index in [0.717, 1.165) is 39.1 Å². The Labute approximate surface area is 181 Å². The highest BCUT2D eigenvalue weighted by molar-refractivity contribution is 5.96. The van der Waals surface area contributed by atoms with E-state index in [0.29, 0.717) is 5.88 Å². The molecule has 4 rings (SSSR count). The molecule has 1 N–H and O–H groups in total. The first-order valence-electron chi connectivity index (χ1n) is 10.3. The zero-order valence-corrected chi connectivity index (χ0v) is 18.4. The van der Waals surface area contributed by atoms with Gasteiger partial charge in [-0.05, 0) is 62.1 Å². The fraction of sp³-hybridized carbons (Fsp3) is 0.240. The highest BCUT2D eigenvalue weighted by atomic mass is 16.5. The minimum atomic E-state index is -0.718. The topological polar surface area (TPSA) is 69.0 Å². The lowest BCUT2D eigenvalue weighted by atomic mass is 10.0. The summed E-state index contributed by atoms with van der Waals surface area (Å²) < 4.78 is 7.71. The molecule has 1 atom stereocenters. The van der Waals surface area contributed by atoms with Crippen molar-refractivity contribution in [2.75, 3.05) is 5.32 Å². The fourth-order valence-corrected chi connectivity index (χ4v) is 3.63. The van der Waals surface area contributed by atoms with Gasteiger partial charge < -0.3 is 10.1 Å². The number of benzene rings is 2. The molecule has 2 aromatic heterocycles. The van der Waals surface area contributed by atoms with Crippen LogP contribution < -0.4 is 10.1 Å². The molecule has 0 aliphatic carbocycles. The number of nitrogens with zero attached hydrogens (tertiary/aromatic N) is 3. The van der Waals surface area contributed by atoms with Crippen molar-refractivity contribution in [2.45, 2.75) is 33.8 Å². The van der Waals surface area contributed by atoms with Gasteiger partial charge in [0.05, 0.1) is 11.1 Å². The molecule has 0 aliphatic heterocycles. The quantitative estimate of drug-likeness (QED) is 0.501. The minimum Gasteiger partial charge on any atom is -0.464 e. The second kappa shape index (κ2) is 8.22. The number of aromatic nitrogens is 3. The van der Waals surface area contributed by atoms with Crippen LogP contribution in [0.25, 0.3) is 22.2 Å². The summed E-state index contributed by atoms with van der Waals surface area (Å²) in [7, 11) is 1.86. The van der Waals surface area contributed by atoms with Gasteiger partial charge in [0, 0.05) is 18.8 Å². The van der Waals surface area contributed by atoms with Gasteiger partial charge in [0.1, 0.15) is 0 Å². The molecule has 1 unspecified atom stereocenters. The molecule has 0 aliphatic rings. The molecule has 0 radical (unpaired) electrons. The van der Waals surface area contributed by atoms with Crippen LogP contribution >= 0.6 is 0 Å². The molecule has 0 bridgehead atoms. The molecule has 6 heteroatoms. The van der Waals surface area contributed by atoms with Gasteiger partial charge in [-0.3, -0.25) is 9.48 Å². The van der Waals surface area contributed by atoms with Crippen LogP contribution in [0.3, 0.4) is 0 Å². The van der Waals surface area contributed by atoms with Crippen LogP contribution in [0, 0.1) is 20.8 Å².